The highest BCUT2D eigenvalue weighted by Gasteiger charge is 2.34. The molecule has 0 bridgehead atoms. The van der Waals surface area contributed by atoms with Gasteiger partial charge in [0.25, 0.3) is 0 Å². The largest absolute Gasteiger partial charge is 0.391 e. The molecule has 0 radical (unpaired) electrons. The van der Waals surface area contributed by atoms with E-state index >= 15 is 0 Å². The highest BCUT2D eigenvalue weighted by molar-refractivity contribution is 5.93. The lowest BCUT2D eigenvalue weighted by Crippen LogP contribution is -2.42. The minimum Gasteiger partial charge on any atom is -0.344 e. The van der Waals surface area contributed by atoms with E-state index in [-0.39, 0.29) is 5.96 Å². The summed E-state index contributed by atoms with van der Waals surface area (Å²) in [5.74, 6) is -0.489. The normalized spacial score (nSPS) is 17.9. The van der Waals surface area contributed by atoms with E-state index in [2.05, 4.69) is 15.3 Å². The number of nitrogens with one attached hydrogen (secondary N) is 1. The van der Waals surface area contributed by atoms with Crippen LogP contribution in [-0.4, -0.2) is 36.7 Å². The maximum absolute atomic E-state index is 12.1. The number of hydrogen-bond acceptors (Lipinski definition) is 4. The number of rotatable bonds is 3. The predicted molar refractivity (Wildman–Crippen MR) is 53.7 cm³/mol. The van der Waals surface area contributed by atoms with Crippen molar-refractivity contribution in [1.29, 1.82) is 0 Å². The molecule has 4 nitrogen and oxygen atoms in total. The molecule has 0 aliphatic carbocycles. The molecule has 0 fully saturated rings. The molecule has 0 aromatic carbocycles. The number of ketones is 1. The Morgan fingerprint density at radius 3 is 2.75 bits per heavy atom. The summed E-state index contributed by atoms with van der Waals surface area (Å²) in [6, 6.07) is -1.31. The first-order valence-electron chi connectivity index (χ1n) is 4.79. The summed E-state index contributed by atoms with van der Waals surface area (Å²) >= 11 is 0. The van der Waals surface area contributed by atoms with Crippen molar-refractivity contribution in [2.75, 3.05) is 6.54 Å². The summed E-state index contributed by atoms with van der Waals surface area (Å²) in [7, 11) is 0. The zero-order chi connectivity index (χ0) is 12.2. The van der Waals surface area contributed by atoms with Crippen LogP contribution in [0.4, 0.5) is 13.2 Å². The predicted octanol–water partition coefficient (Wildman–Crippen LogP) is 1.32. The molecule has 1 rings (SSSR count). The standard InChI is InChI=1S/C9H12F3N3O/c1-6(16)7(5-9(10,11)12)15-8-13-3-2-4-14-8/h3,7H,2,4-5H2,1H3,(H,14,15). The minimum absolute atomic E-state index is 0.0932. The lowest BCUT2D eigenvalue weighted by Gasteiger charge is -2.18. The van der Waals surface area contributed by atoms with Crippen molar-refractivity contribution >= 4 is 18.0 Å². The Morgan fingerprint density at radius 1 is 1.62 bits per heavy atom. The fourth-order valence-corrected chi connectivity index (χ4v) is 1.19. The van der Waals surface area contributed by atoms with Crippen LogP contribution in [0.15, 0.2) is 9.98 Å². The minimum atomic E-state index is -4.39. The molecule has 1 unspecified atom stereocenters. The Kier molecular flexibility index (Phi) is 4.03. The van der Waals surface area contributed by atoms with Crippen molar-refractivity contribution in [3.8, 4) is 0 Å². The van der Waals surface area contributed by atoms with Gasteiger partial charge in [0.05, 0.1) is 12.5 Å². The van der Waals surface area contributed by atoms with Gasteiger partial charge in [-0.05, 0) is 6.92 Å². The zero-order valence-electron chi connectivity index (χ0n) is 8.71. The van der Waals surface area contributed by atoms with Gasteiger partial charge in [0, 0.05) is 19.2 Å². The van der Waals surface area contributed by atoms with E-state index in [1.54, 1.807) is 6.21 Å². The van der Waals surface area contributed by atoms with Crippen LogP contribution in [0.1, 0.15) is 19.8 Å². The molecule has 1 N–H and O–H groups in total. The molecule has 1 aliphatic rings. The summed E-state index contributed by atoms with van der Waals surface area (Å²) in [5, 5.41) is 2.39. The maximum Gasteiger partial charge on any atom is 0.391 e. The van der Waals surface area contributed by atoms with Crippen molar-refractivity contribution < 1.29 is 18.0 Å². The molecular weight excluding hydrogens is 223 g/mol. The second kappa shape index (κ2) is 5.09. The van der Waals surface area contributed by atoms with Crippen molar-refractivity contribution in [3.05, 3.63) is 0 Å². The molecule has 16 heavy (non-hydrogen) atoms. The van der Waals surface area contributed by atoms with Gasteiger partial charge in [-0.25, -0.2) is 4.99 Å². The van der Waals surface area contributed by atoms with Gasteiger partial charge in [-0.3, -0.25) is 9.79 Å². The molecule has 0 spiro atoms. The van der Waals surface area contributed by atoms with Crippen LogP contribution < -0.4 is 5.32 Å². The highest BCUT2D eigenvalue weighted by Crippen LogP contribution is 2.21. The van der Waals surface area contributed by atoms with Crippen molar-refractivity contribution in [2.24, 2.45) is 9.98 Å². The number of carbonyl (C=O) groups excluding carboxylic acids is 1. The van der Waals surface area contributed by atoms with Crippen LogP contribution in [0.25, 0.3) is 0 Å². The average molecular weight is 235 g/mol. The van der Waals surface area contributed by atoms with Gasteiger partial charge in [0.2, 0.25) is 5.96 Å². The molecule has 7 heteroatoms. The van der Waals surface area contributed by atoms with Crippen LogP contribution in [0.2, 0.25) is 0 Å². The van der Waals surface area contributed by atoms with Gasteiger partial charge in [-0.2, -0.15) is 13.2 Å². The molecule has 1 heterocycles. The van der Waals surface area contributed by atoms with E-state index in [9.17, 15) is 18.0 Å². The van der Waals surface area contributed by atoms with E-state index < -0.39 is 24.4 Å². The maximum atomic E-state index is 12.1. The van der Waals surface area contributed by atoms with E-state index in [0.29, 0.717) is 13.0 Å². The van der Waals surface area contributed by atoms with Crippen LogP contribution in [0.5, 0.6) is 0 Å². The van der Waals surface area contributed by atoms with Crippen LogP contribution in [-0.2, 0) is 4.79 Å². The molecule has 0 amide bonds. The van der Waals surface area contributed by atoms with Crippen LogP contribution in [0, 0.1) is 0 Å². The van der Waals surface area contributed by atoms with Gasteiger partial charge < -0.3 is 5.32 Å². The molecule has 0 saturated heterocycles. The molecule has 0 aromatic heterocycles. The first kappa shape index (κ1) is 12.7. The third kappa shape index (κ3) is 4.41. The van der Waals surface area contributed by atoms with E-state index in [4.69, 9.17) is 0 Å². The van der Waals surface area contributed by atoms with Gasteiger partial charge in [0.15, 0.2) is 5.78 Å². The molecule has 90 valence electrons. The van der Waals surface area contributed by atoms with Gasteiger partial charge in [-0.1, -0.05) is 0 Å². The summed E-state index contributed by atoms with van der Waals surface area (Å²) in [6.45, 7) is 1.58. The summed E-state index contributed by atoms with van der Waals surface area (Å²) in [4.78, 5) is 18.7. The molecule has 0 aromatic rings. The second-order valence-electron chi connectivity index (χ2n) is 3.43. The number of halogens is 3. The van der Waals surface area contributed by atoms with E-state index in [0.717, 1.165) is 6.92 Å². The third-order valence-corrected chi connectivity index (χ3v) is 1.96. The zero-order valence-corrected chi connectivity index (χ0v) is 8.71. The summed E-state index contributed by atoms with van der Waals surface area (Å²) in [5.41, 5.74) is 0. The third-order valence-electron chi connectivity index (χ3n) is 1.96. The smallest absolute Gasteiger partial charge is 0.344 e. The molecule has 1 aliphatic heterocycles. The quantitative estimate of drug-likeness (QED) is 0.802. The number of hydrogen-bond donors (Lipinski definition) is 1. The molecule has 0 saturated carbocycles. The second-order valence-corrected chi connectivity index (χ2v) is 3.43. The Bertz CT molecular complexity index is 322. The van der Waals surface area contributed by atoms with Gasteiger partial charge in [-0.15, -0.1) is 0 Å². The van der Waals surface area contributed by atoms with Crippen molar-refractivity contribution in [1.82, 2.24) is 5.32 Å². The number of aliphatic imine (C=N–C) groups is 2. The Hall–Kier alpha value is -1.40. The average Bonchev–Trinajstić information content (AvgIpc) is 2.16. The number of nitrogens with zero attached hydrogens (tertiary/aromatic N) is 2. The first-order chi connectivity index (χ1) is 7.38. The Morgan fingerprint density at radius 2 is 2.31 bits per heavy atom. The summed E-state index contributed by atoms with van der Waals surface area (Å²) < 4.78 is 36.4. The topological polar surface area (TPSA) is 53.8 Å². The van der Waals surface area contributed by atoms with Gasteiger partial charge in [0.1, 0.15) is 0 Å². The Balaban J connectivity index is 2.61. The number of carbonyl (C=O) groups is 1. The van der Waals surface area contributed by atoms with Crippen LogP contribution >= 0.6 is 0 Å². The van der Waals surface area contributed by atoms with Gasteiger partial charge >= 0.3 is 6.18 Å². The summed E-state index contributed by atoms with van der Waals surface area (Å²) in [6.07, 6.45) is -3.38. The van der Waals surface area contributed by atoms with Crippen LogP contribution in [0.3, 0.4) is 0 Å². The highest BCUT2D eigenvalue weighted by atomic mass is 19.4. The molecule has 1 atom stereocenters. The fourth-order valence-electron chi connectivity index (χ4n) is 1.19. The lowest BCUT2D eigenvalue weighted by atomic mass is 10.1. The van der Waals surface area contributed by atoms with E-state index in [1.807, 2.05) is 0 Å². The SMILES string of the molecule is CC(=O)C(CC(F)(F)F)NC1=NCCC=N1. The number of Topliss-reactive ketones (excluding diaryl/α,β-unsaturated/α-hetero) is 1. The lowest BCUT2D eigenvalue weighted by molar-refractivity contribution is -0.146. The fraction of sp³-hybridized carbons (Fsp3) is 0.667. The monoisotopic (exact) mass is 235 g/mol. The first-order valence-corrected chi connectivity index (χ1v) is 4.79. The molecular formula is C9H12F3N3O. The van der Waals surface area contributed by atoms with Crippen molar-refractivity contribution in [2.45, 2.75) is 32.0 Å². The number of guanidine groups is 1. The van der Waals surface area contributed by atoms with Crippen molar-refractivity contribution in [3.63, 3.8) is 0 Å². The Labute approximate surface area is 90.7 Å². The van der Waals surface area contributed by atoms with E-state index in [1.165, 1.54) is 0 Å². The number of alkyl halides is 3.